The monoisotopic (exact) mass is 412 g/mol. The highest BCUT2D eigenvalue weighted by Crippen LogP contribution is 2.26. The first-order valence-corrected chi connectivity index (χ1v) is 10.5. The number of benzene rings is 1. The molecule has 1 aromatic carbocycles. The van der Waals surface area contributed by atoms with Gasteiger partial charge in [-0.1, -0.05) is 18.2 Å². The van der Waals surface area contributed by atoms with E-state index < -0.39 is 5.91 Å². The molecule has 1 aliphatic rings. The van der Waals surface area contributed by atoms with E-state index in [4.69, 9.17) is 10.7 Å². The Hall–Kier alpha value is -3.74. The maximum Gasteiger partial charge on any atom is 0.248 e. The number of carbonyl (C=O) groups excluding carboxylic acids is 1. The lowest BCUT2D eigenvalue weighted by Crippen LogP contribution is -2.27. The first kappa shape index (κ1) is 19.2. The molecular weight excluding hydrogens is 388 g/mol. The minimum absolute atomic E-state index is 0.441. The van der Waals surface area contributed by atoms with Crippen LogP contribution in [-0.2, 0) is 6.42 Å². The number of fused-ring (bicyclic) bond motifs is 1. The molecule has 31 heavy (non-hydrogen) atoms. The van der Waals surface area contributed by atoms with Crippen molar-refractivity contribution in [1.29, 1.82) is 0 Å². The second-order valence-electron chi connectivity index (χ2n) is 8.04. The Morgan fingerprint density at radius 3 is 2.77 bits per heavy atom. The summed E-state index contributed by atoms with van der Waals surface area (Å²) >= 11 is 0. The number of anilines is 1. The van der Waals surface area contributed by atoms with E-state index in [9.17, 15) is 4.79 Å². The molecule has 2 N–H and O–H groups in total. The molecule has 0 saturated carbocycles. The van der Waals surface area contributed by atoms with Gasteiger partial charge in [0.1, 0.15) is 5.82 Å². The third-order valence-electron chi connectivity index (χ3n) is 5.91. The number of primary amides is 1. The lowest BCUT2D eigenvalue weighted by Gasteiger charge is -2.23. The number of aromatic nitrogens is 4. The van der Waals surface area contributed by atoms with Crippen LogP contribution in [0.25, 0.3) is 16.9 Å². The fourth-order valence-corrected chi connectivity index (χ4v) is 4.25. The number of pyridine rings is 1. The van der Waals surface area contributed by atoms with Gasteiger partial charge in [0.15, 0.2) is 5.65 Å². The Morgan fingerprint density at radius 1 is 1.19 bits per heavy atom. The number of carbonyl (C=O) groups is 1. The van der Waals surface area contributed by atoms with Gasteiger partial charge in [0.2, 0.25) is 5.91 Å². The molecule has 4 heterocycles. The zero-order valence-corrected chi connectivity index (χ0v) is 17.4. The van der Waals surface area contributed by atoms with Crippen molar-refractivity contribution in [2.24, 2.45) is 5.73 Å². The zero-order valence-electron chi connectivity index (χ0n) is 17.4. The Morgan fingerprint density at radius 2 is 2.03 bits per heavy atom. The van der Waals surface area contributed by atoms with E-state index >= 15 is 0 Å². The van der Waals surface area contributed by atoms with Gasteiger partial charge in [0.25, 0.3) is 0 Å². The third kappa shape index (κ3) is 3.74. The molecule has 1 amide bonds. The summed E-state index contributed by atoms with van der Waals surface area (Å²) in [6.07, 6.45) is 6.68. The van der Waals surface area contributed by atoms with E-state index in [1.165, 1.54) is 12.8 Å². The fraction of sp³-hybridized carbons (Fsp3) is 0.250. The minimum Gasteiger partial charge on any atom is -0.366 e. The van der Waals surface area contributed by atoms with E-state index in [1.54, 1.807) is 22.8 Å². The van der Waals surface area contributed by atoms with E-state index in [2.05, 4.69) is 46.2 Å². The standard InChI is InChI=1S/C24H24N6O/c1-16-4-3-12-29(16)22-6-2-5-20(27-22)14-19-15-21(28-30-13-11-26-24(19)30)17-7-9-18(10-8-17)23(25)31/h2,5-11,13,15-16H,3-4,12,14H2,1H3,(H2,25,31)/t16-/m0/s1. The zero-order chi connectivity index (χ0) is 21.4. The summed E-state index contributed by atoms with van der Waals surface area (Å²) in [5, 5.41) is 4.68. The minimum atomic E-state index is -0.441. The molecule has 7 nitrogen and oxygen atoms in total. The van der Waals surface area contributed by atoms with Gasteiger partial charge >= 0.3 is 0 Å². The van der Waals surface area contributed by atoms with Gasteiger partial charge in [-0.15, -0.1) is 0 Å². The predicted octanol–water partition coefficient (Wildman–Crippen LogP) is 3.47. The molecule has 0 unspecified atom stereocenters. The van der Waals surface area contributed by atoms with Crippen LogP contribution in [0.4, 0.5) is 5.82 Å². The first-order valence-electron chi connectivity index (χ1n) is 10.5. The maximum atomic E-state index is 11.4. The van der Waals surface area contributed by atoms with Gasteiger partial charge in [0.05, 0.1) is 5.69 Å². The van der Waals surface area contributed by atoms with Gasteiger partial charge in [-0.25, -0.2) is 14.5 Å². The van der Waals surface area contributed by atoms with Crippen LogP contribution in [0.3, 0.4) is 0 Å². The van der Waals surface area contributed by atoms with Crippen LogP contribution in [-0.4, -0.2) is 38.1 Å². The van der Waals surface area contributed by atoms with E-state index in [1.807, 2.05) is 18.3 Å². The highest BCUT2D eigenvalue weighted by atomic mass is 16.1. The molecule has 1 saturated heterocycles. The van der Waals surface area contributed by atoms with Crippen LogP contribution < -0.4 is 10.6 Å². The summed E-state index contributed by atoms with van der Waals surface area (Å²) in [6.45, 7) is 3.32. The highest BCUT2D eigenvalue weighted by molar-refractivity contribution is 5.93. The van der Waals surface area contributed by atoms with Crippen LogP contribution >= 0.6 is 0 Å². The second kappa shape index (κ2) is 7.83. The molecule has 3 aromatic heterocycles. The number of nitrogens with zero attached hydrogens (tertiary/aromatic N) is 5. The quantitative estimate of drug-likeness (QED) is 0.542. The van der Waals surface area contributed by atoms with Crippen LogP contribution in [0.1, 0.15) is 41.4 Å². The van der Waals surface area contributed by atoms with Gasteiger partial charge in [-0.3, -0.25) is 4.79 Å². The van der Waals surface area contributed by atoms with Crippen LogP contribution in [0.2, 0.25) is 0 Å². The van der Waals surface area contributed by atoms with Crippen molar-refractivity contribution in [3.05, 3.63) is 77.7 Å². The van der Waals surface area contributed by atoms with Gasteiger partial charge < -0.3 is 10.6 Å². The van der Waals surface area contributed by atoms with Gasteiger partial charge in [-0.05, 0) is 50.1 Å². The average Bonchev–Trinajstić information content (AvgIpc) is 3.43. The Labute approximate surface area is 180 Å². The van der Waals surface area contributed by atoms with Crippen molar-refractivity contribution in [2.75, 3.05) is 11.4 Å². The predicted molar refractivity (Wildman–Crippen MR) is 120 cm³/mol. The number of hydrogen-bond donors (Lipinski definition) is 1. The molecule has 0 bridgehead atoms. The summed E-state index contributed by atoms with van der Waals surface area (Å²) in [5.41, 5.74) is 10.4. The van der Waals surface area contributed by atoms with Crippen molar-refractivity contribution in [2.45, 2.75) is 32.2 Å². The SMILES string of the molecule is C[C@H]1CCCN1c1cccc(Cc2cc(-c3ccc(C(N)=O)cc3)nn3ccnc23)n1. The molecule has 5 rings (SSSR count). The first-order chi connectivity index (χ1) is 15.1. The molecular formula is C24H24N6O. The number of nitrogens with two attached hydrogens (primary N) is 1. The normalized spacial score (nSPS) is 16.2. The van der Waals surface area contributed by atoms with E-state index in [0.717, 1.165) is 40.5 Å². The van der Waals surface area contributed by atoms with Crippen LogP contribution in [0.15, 0.2) is 60.9 Å². The average molecular weight is 412 g/mol. The molecule has 0 spiro atoms. The lowest BCUT2D eigenvalue weighted by molar-refractivity contribution is 0.100. The summed E-state index contributed by atoms with van der Waals surface area (Å²) in [7, 11) is 0. The fourth-order valence-electron chi connectivity index (χ4n) is 4.25. The summed E-state index contributed by atoms with van der Waals surface area (Å²) in [4.78, 5) is 23.2. The summed E-state index contributed by atoms with van der Waals surface area (Å²) in [5.74, 6) is 0.599. The summed E-state index contributed by atoms with van der Waals surface area (Å²) < 4.78 is 1.79. The molecule has 1 aliphatic heterocycles. The Bertz CT molecular complexity index is 1250. The van der Waals surface area contributed by atoms with Crippen molar-refractivity contribution in [3.63, 3.8) is 0 Å². The van der Waals surface area contributed by atoms with E-state index in [-0.39, 0.29) is 0 Å². The Balaban J connectivity index is 1.50. The second-order valence-corrected chi connectivity index (χ2v) is 8.04. The van der Waals surface area contributed by atoms with Crippen molar-refractivity contribution in [1.82, 2.24) is 19.6 Å². The van der Waals surface area contributed by atoms with Gasteiger partial charge in [0, 0.05) is 53.8 Å². The molecule has 156 valence electrons. The van der Waals surface area contributed by atoms with Crippen LogP contribution in [0, 0.1) is 0 Å². The van der Waals surface area contributed by atoms with Gasteiger partial charge in [-0.2, -0.15) is 5.10 Å². The maximum absolute atomic E-state index is 11.4. The van der Waals surface area contributed by atoms with Crippen LogP contribution in [0.5, 0.6) is 0 Å². The molecule has 1 fully saturated rings. The molecule has 0 aliphatic carbocycles. The van der Waals surface area contributed by atoms with Crippen molar-refractivity contribution < 1.29 is 4.79 Å². The number of rotatable bonds is 5. The van der Waals surface area contributed by atoms with E-state index in [0.29, 0.717) is 18.0 Å². The number of hydrogen-bond acceptors (Lipinski definition) is 5. The number of imidazole rings is 1. The molecule has 1 atom stereocenters. The third-order valence-corrected chi connectivity index (χ3v) is 5.91. The molecule has 0 radical (unpaired) electrons. The number of amides is 1. The Kier molecular flexibility index (Phi) is 4.86. The van der Waals surface area contributed by atoms with Crippen molar-refractivity contribution in [3.8, 4) is 11.3 Å². The highest BCUT2D eigenvalue weighted by Gasteiger charge is 2.21. The largest absolute Gasteiger partial charge is 0.366 e. The summed E-state index contributed by atoms with van der Waals surface area (Å²) in [6, 6.07) is 16.0. The van der Waals surface area contributed by atoms with Crippen molar-refractivity contribution >= 4 is 17.4 Å². The molecule has 4 aromatic rings. The topological polar surface area (TPSA) is 89.4 Å². The smallest absolute Gasteiger partial charge is 0.248 e. The molecule has 7 heteroatoms. The lowest BCUT2D eigenvalue weighted by atomic mass is 10.1.